The molecule has 4 atom stereocenters. The van der Waals surface area contributed by atoms with Crippen LogP contribution in [-0.2, 0) is 4.74 Å². The van der Waals surface area contributed by atoms with Gasteiger partial charge in [0.1, 0.15) is 24.1 Å². The van der Waals surface area contributed by atoms with Crippen LogP contribution >= 0.6 is 0 Å². The highest BCUT2D eigenvalue weighted by atomic mass is 19.3. The second-order valence-electron chi connectivity index (χ2n) is 4.94. The van der Waals surface area contributed by atoms with Gasteiger partial charge in [-0.1, -0.05) is 0 Å². The second kappa shape index (κ2) is 5.05. The van der Waals surface area contributed by atoms with E-state index in [9.17, 15) is 24.1 Å². The Morgan fingerprint density at radius 1 is 1.36 bits per heavy atom. The standard InChI is InChI=1S/C11H13F2N5O4/c12-10(13)11(1-19)6(21)5(20)9(22-11)18-3-17-4-7(14)15-2-16-8(4)18/h2-3,5-6,9-10,19-21H,1H2,(H2,14,15,16)/t5-,6-,9+,11+/m0/s1. The number of ether oxygens (including phenoxy) is 1. The molecule has 3 heterocycles. The molecule has 2 aromatic rings. The molecule has 0 aromatic carbocycles. The predicted molar refractivity (Wildman–Crippen MR) is 67.7 cm³/mol. The fourth-order valence-electron chi connectivity index (χ4n) is 2.47. The summed E-state index contributed by atoms with van der Waals surface area (Å²) in [5.74, 6) is 0.0686. The lowest BCUT2D eigenvalue weighted by molar-refractivity contribution is -0.194. The molecule has 0 radical (unpaired) electrons. The summed E-state index contributed by atoms with van der Waals surface area (Å²) in [6, 6.07) is 0. The number of anilines is 1. The van der Waals surface area contributed by atoms with Crippen LogP contribution in [0, 0.1) is 0 Å². The van der Waals surface area contributed by atoms with Crippen LogP contribution in [0.15, 0.2) is 12.7 Å². The maximum atomic E-state index is 13.2. The Morgan fingerprint density at radius 3 is 2.68 bits per heavy atom. The summed E-state index contributed by atoms with van der Waals surface area (Å²) in [4.78, 5) is 11.6. The zero-order valence-electron chi connectivity index (χ0n) is 11.0. The Bertz CT molecular complexity index is 698. The lowest BCUT2D eigenvalue weighted by Gasteiger charge is -2.28. The van der Waals surface area contributed by atoms with Gasteiger partial charge in [0.05, 0.1) is 12.9 Å². The van der Waals surface area contributed by atoms with Crippen LogP contribution in [0.2, 0.25) is 0 Å². The molecular weight excluding hydrogens is 304 g/mol. The predicted octanol–water partition coefficient (Wildman–Crippen LogP) is -1.34. The molecule has 0 spiro atoms. The minimum atomic E-state index is -3.21. The van der Waals surface area contributed by atoms with Gasteiger partial charge >= 0.3 is 0 Å². The van der Waals surface area contributed by atoms with E-state index in [1.54, 1.807) is 0 Å². The molecular formula is C11H13F2N5O4. The summed E-state index contributed by atoms with van der Waals surface area (Å²) < 4.78 is 32.6. The van der Waals surface area contributed by atoms with Gasteiger partial charge in [-0.2, -0.15) is 0 Å². The number of hydrogen-bond donors (Lipinski definition) is 4. The molecule has 0 amide bonds. The van der Waals surface area contributed by atoms with Crippen LogP contribution < -0.4 is 5.73 Å². The topological polar surface area (TPSA) is 140 Å². The first-order chi connectivity index (χ1) is 10.4. The number of halogens is 2. The summed E-state index contributed by atoms with van der Waals surface area (Å²) in [7, 11) is 0. The summed E-state index contributed by atoms with van der Waals surface area (Å²) in [6.07, 6.45) is -6.00. The Kier molecular flexibility index (Phi) is 3.44. The second-order valence-corrected chi connectivity index (χ2v) is 4.94. The number of aliphatic hydroxyl groups is 3. The zero-order chi connectivity index (χ0) is 16.1. The van der Waals surface area contributed by atoms with E-state index in [0.29, 0.717) is 0 Å². The van der Waals surface area contributed by atoms with Gasteiger partial charge in [-0.25, -0.2) is 23.7 Å². The molecule has 0 aliphatic carbocycles. The minimum absolute atomic E-state index is 0.0686. The smallest absolute Gasteiger partial charge is 0.272 e. The molecule has 3 rings (SSSR count). The zero-order valence-corrected chi connectivity index (χ0v) is 11.0. The van der Waals surface area contributed by atoms with Gasteiger partial charge in [0.2, 0.25) is 0 Å². The quantitative estimate of drug-likeness (QED) is 0.545. The van der Waals surface area contributed by atoms with Crippen molar-refractivity contribution < 1.29 is 28.8 Å². The lowest BCUT2D eigenvalue weighted by Crippen LogP contribution is -2.52. The molecule has 2 aromatic heterocycles. The number of aromatic nitrogens is 4. The molecule has 1 saturated heterocycles. The van der Waals surface area contributed by atoms with Crippen molar-refractivity contribution in [2.45, 2.75) is 30.5 Å². The molecule has 120 valence electrons. The van der Waals surface area contributed by atoms with Crippen molar-refractivity contribution in [2.24, 2.45) is 0 Å². The van der Waals surface area contributed by atoms with Gasteiger partial charge in [-0.05, 0) is 0 Å². The molecule has 22 heavy (non-hydrogen) atoms. The highest BCUT2D eigenvalue weighted by Crippen LogP contribution is 2.41. The van der Waals surface area contributed by atoms with Crippen molar-refractivity contribution >= 4 is 17.0 Å². The van der Waals surface area contributed by atoms with E-state index in [0.717, 1.165) is 10.9 Å². The molecule has 9 nitrogen and oxygen atoms in total. The van der Waals surface area contributed by atoms with Gasteiger partial charge in [0, 0.05) is 0 Å². The summed E-state index contributed by atoms with van der Waals surface area (Å²) in [5.41, 5.74) is 3.38. The Morgan fingerprint density at radius 2 is 2.09 bits per heavy atom. The van der Waals surface area contributed by atoms with Crippen LogP contribution in [-0.4, -0.2) is 65.7 Å². The maximum Gasteiger partial charge on any atom is 0.272 e. The van der Waals surface area contributed by atoms with Gasteiger partial charge in [-0.15, -0.1) is 0 Å². The maximum absolute atomic E-state index is 13.2. The van der Waals surface area contributed by atoms with E-state index in [1.807, 2.05) is 0 Å². The molecule has 1 aliphatic heterocycles. The number of rotatable bonds is 3. The number of imidazole rings is 1. The van der Waals surface area contributed by atoms with Crippen molar-refractivity contribution in [1.29, 1.82) is 0 Å². The lowest BCUT2D eigenvalue weighted by atomic mass is 9.96. The third kappa shape index (κ3) is 1.86. The minimum Gasteiger partial charge on any atom is -0.393 e. The third-order valence-electron chi connectivity index (χ3n) is 3.73. The number of fused-ring (bicyclic) bond motifs is 1. The van der Waals surface area contributed by atoms with Crippen molar-refractivity contribution in [3.05, 3.63) is 12.7 Å². The first-order valence-electron chi connectivity index (χ1n) is 6.28. The van der Waals surface area contributed by atoms with E-state index in [1.165, 1.54) is 6.33 Å². The average Bonchev–Trinajstić information content (AvgIpc) is 3.02. The van der Waals surface area contributed by atoms with E-state index >= 15 is 0 Å². The van der Waals surface area contributed by atoms with E-state index in [2.05, 4.69) is 15.0 Å². The van der Waals surface area contributed by atoms with Gasteiger partial charge in [0.15, 0.2) is 23.3 Å². The number of hydrogen-bond acceptors (Lipinski definition) is 8. The molecule has 0 bridgehead atoms. The average molecular weight is 317 g/mol. The Labute approximate surface area is 122 Å². The molecule has 11 heteroatoms. The van der Waals surface area contributed by atoms with Gasteiger partial charge < -0.3 is 25.8 Å². The number of nitrogens with zero attached hydrogens (tertiary/aromatic N) is 4. The monoisotopic (exact) mass is 317 g/mol. The van der Waals surface area contributed by atoms with E-state index in [4.69, 9.17) is 10.5 Å². The fourth-order valence-corrected chi connectivity index (χ4v) is 2.47. The van der Waals surface area contributed by atoms with E-state index < -0.39 is 37.1 Å². The van der Waals surface area contributed by atoms with Crippen LogP contribution in [0.3, 0.4) is 0 Å². The molecule has 0 saturated carbocycles. The highest BCUT2D eigenvalue weighted by molar-refractivity contribution is 5.81. The van der Waals surface area contributed by atoms with Crippen LogP contribution in [0.1, 0.15) is 6.23 Å². The SMILES string of the molecule is Nc1ncnc2c1ncn2[C@@H]1O[C@@](CO)(C(F)F)[C@@H](O)[C@@H]1O. The van der Waals surface area contributed by atoms with E-state index in [-0.39, 0.29) is 17.0 Å². The largest absolute Gasteiger partial charge is 0.393 e. The molecule has 1 fully saturated rings. The normalized spacial score (nSPS) is 32.2. The van der Waals surface area contributed by atoms with Gasteiger partial charge in [0.25, 0.3) is 6.43 Å². The summed E-state index contributed by atoms with van der Waals surface area (Å²) >= 11 is 0. The van der Waals surface area contributed by atoms with Gasteiger partial charge in [-0.3, -0.25) is 4.57 Å². The van der Waals surface area contributed by atoms with Crippen molar-refractivity contribution in [2.75, 3.05) is 12.3 Å². The number of nitrogen functional groups attached to an aromatic ring is 1. The van der Waals surface area contributed by atoms with Crippen LogP contribution in [0.25, 0.3) is 11.2 Å². The summed E-state index contributed by atoms with van der Waals surface area (Å²) in [6.45, 7) is -1.16. The summed E-state index contributed by atoms with van der Waals surface area (Å²) in [5, 5.41) is 29.1. The van der Waals surface area contributed by atoms with Crippen molar-refractivity contribution in [3.63, 3.8) is 0 Å². The van der Waals surface area contributed by atoms with Crippen LogP contribution in [0.5, 0.6) is 0 Å². The van der Waals surface area contributed by atoms with Crippen molar-refractivity contribution in [1.82, 2.24) is 19.5 Å². The molecule has 0 unspecified atom stereocenters. The molecule has 5 N–H and O–H groups in total. The molecule has 1 aliphatic rings. The first-order valence-corrected chi connectivity index (χ1v) is 6.28. The first kappa shape index (κ1) is 15.0. The third-order valence-corrected chi connectivity index (χ3v) is 3.73. The number of aliphatic hydroxyl groups excluding tert-OH is 3. The fraction of sp³-hybridized carbons (Fsp3) is 0.545. The van der Waals surface area contributed by atoms with Crippen molar-refractivity contribution in [3.8, 4) is 0 Å². The van der Waals surface area contributed by atoms with Crippen LogP contribution in [0.4, 0.5) is 14.6 Å². The Hall–Kier alpha value is -1.95. The number of alkyl halides is 2. The Balaban J connectivity index is 2.06. The number of nitrogens with two attached hydrogens (primary N) is 1. The highest BCUT2D eigenvalue weighted by Gasteiger charge is 2.60.